The molecular weight excluding hydrogens is 472 g/mol. The first-order chi connectivity index (χ1) is 17.8. The standard InChI is InChI=1S/C29H30N2O6/c1-17-26(29(34)37-21-10-6-3-7-11-21)27(19-12-13-24(32)23(15-19)31(35)36)28-22(30-17)14-20(16-25(28)33)18-8-4-2-5-9-18/h2,4-5,8-9,12-13,15,20-21,27,30,32H,3,6-7,10-11,14,16H2,1H3/t20-,27+/m0/s1. The number of esters is 1. The largest absolute Gasteiger partial charge is 0.502 e. The van der Waals surface area contributed by atoms with Crippen LogP contribution in [0.4, 0.5) is 5.69 Å². The minimum atomic E-state index is -0.823. The summed E-state index contributed by atoms with van der Waals surface area (Å²) < 4.78 is 5.91. The van der Waals surface area contributed by atoms with Gasteiger partial charge in [0.2, 0.25) is 0 Å². The fraction of sp³-hybridized carbons (Fsp3) is 0.379. The quantitative estimate of drug-likeness (QED) is 0.313. The van der Waals surface area contributed by atoms with Crippen LogP contribution in [0.15, 0.2) is 71.1 Å². The molecule has 2 N–H and O–H groups in total. The van der Waals surface area contributed by atoms with Crippen LogP contribution in [0.1, 0.15) is 74.8 Å². The minimum absolute atomic E-state index is 0.0155. The van der Waals surface area contributed by atoms with Crippen LogP contribution < -0.4 is 5.32 Å². The van der Waals surface area contributed by atoms with Crippen molar-refractivity contribution in [3.8, 4) is 5.75 Å². The van der Waals surface area contributed by atoms with Crippen molar-refractivity contribution in [1.82, 2.24) is 5.32 Å². The number of nitrogens with one attached hydrogen (secondary N) is 1. The molecule has 1 saturated carbocycles. The number of carbonyl (C=O) groups excluding carboxylic acids is 2. The number of hydrogen-bond acceptors (Lipinski definition) is 7. The highest BCUT2D eigenvalue weighted by Gasteiger charge is 2.42. The van der Waals surface area contributed by atoms with Crippen LogP contribution in [-0.4, -0.2) is 27.9 Å². The van der Waals surface area contributed by atoms with Crippen LogP contribution in [-0.2, 0) is 14.3 Å². The van der Waals surface area contributed by atoms with Crippen molar-refractivity contribution in [1.29, 1.82) is 0 Å². The Labute approximate surface area is 215 Å². The SMILES string of the molecule is CC1=C(C(=O)OC2CCCCC2)[C@@H](c2ccc(O)c([N+](=O)[O-])c2)C2=C(C[C@H](c3ccccc3)CC2=O)N1. The lowest BCUT2D eigenvalue weighted by molar-refractivity contribution is -0.385. The van der Waals surface area contributed by atoms with Crippen molar-refractivity contribution in [3.63, 3.8) is 0 Å². The van der Waals surface area contributed by atoms with E-state index in [2.05, 4.69) is 5.32 Å². The number of nitro benzene ring substituents is 1. The molecule has 2 aliphatic carbocycles. The number of hydrogen-bond donors (Lipinski definition) is 2. The summed E-state index contributed by atoms with van der Waals surface area (Å²) in [5.74, 6) is -1.93. The Hall–Kier alpha value is -3.94. The number of phenolic OH excluding ortho intramolecular Hbond substituents is 1. The maximum atomic E-state index is 13.7. The number of ketones is 1. The van der Waals surface area contributed by atoms with Gasteiger partial charge in [-0.1, -0.05) is 42.8 Å². The van der Waals surface area contributed by atoms with E-state index in [0.29, 0.717) is 23.3 Å². The van der Waals surface area contributed by atoms with Crippen LogP contribution in [0.2, 0.25) is 0 Å². The van der Waals surface area contributed by atoms with Crippen molar-refractivity contribution in [2.45, 2.75) is 69.8 Å². The van der Waals surface area contributed by atoms with Crippen molar-refractivity contribution < 1.29 is 24.4 Å². The van der Waals surface area contributed by atoms with Crippen molar-refractivity contribution in [2.24, 2.45) is 0 Å². The van der Waals surface area contributed by atoms with E-state index in [9.17, 15) is 24.8 Å². The highest BCUT2D eigenvalue weighted by Crippen LogP contribution is 2.47. The number of benzene rings is 2. The zero-order valence-corrected chi connectivity index (χ0v) is 20.7. The molecule has 2 atom stereocenters. The van der Waals surface area contributed by atoms with Gasteiger partial charge >= 0.3 is 11.7 Å². The normalized spacial score (nSPS) is 22.4. The molecule has 0 amide bonds. The molecule has 192 valence electrons. The van der Waals surface area contributed by atoms with Crippen LogP contribution in [0.25, 0.3) is 0 Å². The summed E-state index contributed by atoms with van der Waals surface area (Å²) >= 11 is 0. The Morgan fingerprint density at radius 3 is 2.49 bits per heavy atom. The third kappa shape index (κ3) is 4.88. The number of phenols is 1. The number of allylic oxidation sites excluding steroid dienone is 3. The van der Waals surface area contributed by atoms with E-state index in [1.54, 1.807) is 13.0 Å². The molecule has 5 rings (SSSR count). The molecule has 3 aliphatic rings. The predicted octanol–water partition coefficient (Wildman–Crippen LogP) is 5.54. The van der Waals surface area contributed by atoms with Gasteiger partial charge in [0.05, 0.1) is 10.5 Å². The Bertz CT molecular complexity index is 1310. The van der Waals surface area contributed by atoms with E-state index in [-0.39, 0.29) is 29.8 Å². The first-order valence-electron chi connectivity index (χ1n) is 12.8. The molecule has 0 aromatic heterocycles. The highest BCUT2D eigenvalue weighted by atomic mass is 16.6. The Balaban J connectivity index is 1.58. The number of carbonyl (C=O) groups is 2. The first-order valence-corrected chi connectivity index (χ1v) is 12.8. The number of nitrogens with zero attached hydrogens (tertiary/aromatic N) is 1. The van der Waals surface area contributed by atoms with Gasteiger partial charge in [-0.2, -0.15) is 0 Å². The van der Waals surface area contributed by atoms with Gasteiger partial charge in [-0.05, 0) is 62.1 Å². The lowest BCUT2D eigenvalue weighted by atomic mass is 9.71. The molecular formula is C29H30N2O6. The number of aromatic hydroxyl groups is 1. The lowest BCUT2D eigenvalue weighted by Crippen LogP contribution is -2.37. The maximum absolute atomic E-state index is 13.7. The Morgan fingerprint density at radius 2 is 1.78 bits per heavy atom. The minimum Gasteiger partial charge on any atom is -0.502 e. The van der Waals surface area contributed by atoms with E-state index < -0.39 is 28.2 Å². The number of Topliss-reactive ketones (excluding diaryl/α,β-unsaturated/α-hetero) is 1. The summed E-state index contributed by atoms with van der Waals surface area (Å²) in [7, 11) is 0. The second kappa shape index (κ2) is 10.2. The van der Waals surface area contributed by atoms with E-state index >= 15 is 0 Å². The number of dihydropyridines is 1. The number of nitro groups is 1. The smallest absolute Gasteiger partial charge is 0.337 e. The molecule has 0 radical (unpaired) electrons. The van der Waals surface area contributed by atoms with Gasteiger partial charge in [-0.25, -0.2) is 4.79 Å². The van der Waals surface area contributed by atoms with Crippen LogP contribution in [0, 0.1) is 10.1 Å². The average molecular weight is 503 g/mol. The first kappa shape index (κ1) is 24.7. The van der Waals surface area contributed by atoms with Gasteiger partial charge in [-0.3, -0.25) is 14.9 Å². The van der Waals surface area contributed by atoms with Crippen molar-refractivity contribution in [2.75, 3.05) is 0 Å². The van der Waals surface area contributed by atoms with Crippen LogP contribution in [0.5, 0.6) is 5.75 Å². The molecule has 0 unspecified atom stereocenters. The van der Waals surface area contributed by atoms with Gasteiger partial charge in [0.15, 0.2) is 11.5 Å². The molecule has 2 aromatic rings. The van der Waals surface area contributed by atoms with Crippen molar-refractivity contribution >= 4 is 17.4 Å². The predicted molar refractivity (Wildman–Crippen MR) is 137 cm³/mol. The number of rotatable bonds is 5. The second-order valence-corrected chi connectivity index (χ2v) is 10.1. The number of ether oxygens (including phenoxy) is 1. The van der Waals surface area contributed by atoms with E-state index in [4.69, 9.17) is 4.74 Å². The average Bonchev–Trinajstić information content (AvgIpc) is 2.89. The third-order valence-electron chi connectivity index (χ3n) is 7.67. The molecule has 1 heterocycles. The molecule has 1 fully saturated rings. The zero-order chi connectivity index (χ0) is 26.1. The molecule has 0 saturated heterocycles. The molecule has 1 aliphatic heterocycles. The summed E-state index contributed by atoms with van der Waals surface area (Å²) in [6, 6.07) is 13.9. The Morgan fingerprint density at radius 1 is 1.05 bits per heavy atom. The monoisotopic (exact) mass is 502 g/mol. The Kier molecular flexibility index (Phi) is 6.82. The highest BCUT2D eigenvalue weighted by molar-refractivity contribution is 6.04. The molecule has 8 nitrogen and oxygen atoms in total. The molecule has 2 aromatic carbocycles. The van der Waals surface area contributed by atoms with Crippen molar-refractivity contribution in [3.05, 3.63) is 92.3 Å². The van der Waals surface area contributed by atoms with Gasteiger partial charge < -0.3 is 15.2 Å². The molecule has 8 heteroatoms. The topological polar surface area (TPSA) is 119 Å². The molecule has 0 spiro atoms. The fourth-order valence-electron chi connectivity index (χ4n) is 5.87. The van der Waals surface area contributed by atoms with Gasteiger partial charge in [-0.15, -0.1) is 0 Å². The van der Waals surface area contributed by atoms with Gasteiger partial charge in [0.25, 0.3) is 0 Å². The zero-order valence-electron chi connectivity index (χ0n) is 20.7. The van der Waals surface area contributed by atoms with E-state index in [0.717, 1.165) is 43.4 Å². The van der Waals surface area contributed by atoms with Gasteiger partial charge in [0, 0.05) is 35.4 Å². The second-order valence-electron chi connectivity index (χ2n) is 10.1. The lowest BCUT2D eigenvalue weighted by Gasteiger charge is -2.37. The third-order valence-corrected chi connectivity index (χ3v) is 7.67. The van der Waals surface area contributed by atoms with Gasteiger partial charge in [0.1, 0.15) is 6.10 Å². The van der Waals surface area contributed by atoms with Crippen LogP contribution in [0.3, 0.4) is 0 Å². The van der Waals surface area contributed by atoms with Crippen LogP contribution >= 0.6 is 0 Å². The fourth-order valence-corrected chi connectivity index (χ4v) is 5.87. The van der Waals surface area contributed by atoms with E-state index in [1.807, 2.05) is 30.3 Å². The summed E-state index contributed by atoms with van der Waals surface area (Å²) in [6.45, 7) is 1.78. The van der Waals surface area contributed by atoms with E-state index in [1.165, 1.54) is 12.1 Å². The molecule has 37 heavy (non-hydrogen) atoms. The summed E-state index contributed by atoms with van der Waals surface area (Å²) in [4.78, 5) is 38.2. The molecule has 0 bridgehead atoms. The summed E-state index contributed by atoms with van der Waals surface area (Å²) in [6.07, 6.45) is 5.36. The maximum Gasteiger partial charge on any atom is 0.337 e. The summed E-state index contributed by atoms with van der Waals surface area (Å²) in [5, 5.41) is 25.0. The summed E-state index contributed by atoms with van der Waals surface area (Å²) in [5.41, 5.74) is 3.01.